The van der Waals surface area contributed by atoms with E-state index in [0.717, 1.165) is 5.75 Å². The maximum Gasteiger partial charge on any atom is 0.258 e. The monoisotopic (exact) mass is 341 g/mol. The highest BCUT2D eigenvalue weighted by atomic mass is 16.6. The Morgan fingerprint density at radius 1 is 1.16 bits per heavy atom. The van der Waals surface area contributed by atoms with Crippen molar-refractivity contribution in [2.75, 3.05) is 19.8 Å². The Labute approximate surface area is 147 Å². The average molecular weight is 341 g/mol. The van der Waals surface area contributed by atoms with Crippen LogP contribution in [0.1, 0.15) is 25.3 Å². The molecule has 0 saturated carbocycles. The molecule has 1 heterocycles. The predicted molar refractivity (Wildman–Crippen MR) is 95.4 cm³/mol. The SMILES string of the molecule is CC(C)c1ccc(OCC(=O)NCC2COc3ccccc3O2)cc1. The highest BCUT2D eigenvalue weighted by Crippen LogP contribution is 2.30. The van der Waals surface area contributed by atoms with Crippen molar-refractivity contribution in [3.8, 4) is 17.2 Å². The van der Waals surface area contributed by atoms with E-state index in [0.29, 0.717) is 30.6 Å². The lowest BCUT2D eigenvalue weighted by molar-refractivity contribution is -0.123. The molecule has 25 heavy (non-hydrogen) atoms. The van der Waals surface area contributed by atoms with Gasteiger partial charge in [-0.05, 0) is 35.7 Å². The molecule has 3 rings (SSSR count). The number of ether oxygens (including phenoxy) is 3. The molecule has 0 fully saturated rings. The van der Waals surface area contributed by atoms with E-state index in [2.05, 4.69) is 19.2 Å². The van der Waals surface area contributed by atoms with Gasteiger partial charge in [-0.3, -0.25) is 4.79 Å². The zero-order valence-electron chi connectivity index (χ0n) is 14.5. The van der Waals surface area contributed by atoms with Gasteiger partial charge in [0, 0.05) is 0 Å². The van der Waals surface area contributed by atoms with Crippen molar-refractivity contribution in [1.82, 2.24) is 5.32 Å². The van der Waals surface area contributed by atoms with Crippen molar-refractivity contribution < 1.29 is 19.0 Å². The molecule has 5 nitrogen and oxygen atoms in total. The van der Waals surface area contributed by atoms with E-state index in [-0.39, 0.29) is 18.6 Å². The minimum Gasteiger partial charge on any atom is -0.486 e. The summed E-state index contributed by atoms with van der Waals surface area (Å²) in [4.78, 5) is 11.9. The number of fused-ring (bicyclic) bond motifs is 1. The average Bonchev–Trinajstić information content (AvgIpc) is 2.65. The van der Waals surface area contributed by atoms with Crippen LogP contribution >= 0.6 is 0 Å². The number of hydrogen-bond donors (Lipinski definition) is 1. The molecule has 1 amide bonds. The Hall–Kier alpha value is -2.69. The first-order valence-corrected chi connectivity index (χ1v) is 8.50. The Morgan fingerprint density at radius 2 is 1.88 bits per heavy atom. The maximum absolute atomic E-state index is 11.9. The molecule has 1 aliphatic heterocycles. The lowest BCUT2D eigenvalue weighted by Gasteiger charge is -2.26. The van der Waals surface area contributed by atoms with E-state index in [1.807, 2.05) is 48.5 Å². The minimum atomic E-state index is -0.204. The summed E-state index contributed by atoms with van der Waals surface area (Å²) in [5.74, 6) is 2.41. The molecule has 0 aromatic heterocycles. The zero-order chi connectivity index (χ0) is 17.6. The molecular weight excluding hydrogens is 318 g/mol. The minimum absolute atomic E-state index is 0.0226. The van der Waals surface area contributed by atoms with Gasteiger partial charge < -0.3 is 19.5 Å². The lowest BCUT2D eigenvalue weighted by Crippen LogP contribution is -2.42. The van der Waals surface area contributed by atoms with Crippen molar-refractivity contribution in [2.45, 2.75) is 25.9 Å². The van der Waals surface area contributed by atoms with Gasteiger partial charge in [0.05, 0.1) is 6.54 Å². The number of amides is 1. The summed E-state index contributed by atoms with van der Waals surface area (Å²) >= 11 is 0. The fourth-order valence-corrected chi connectivity index (χ4v) is 2.54. The number of nitrogens with one attached hydrogen (secondary N) is 1. The fraction of sp³-hybridized carbons (Fsp3) is 0.350. The molecular formula is C20H23NO4. The van der Waals surface area contributed by atoms with Gasteiger partial charge in [-0.25, -0.2) is 0 Å². The van der Waals surface area contributed by atoms with E-state index in [9.17, 15) is 4.79 Å². The van der Waals surface area contributed by atoms with Crippen LogP contribution < -0.4 is 19.5 Å². The number of benzene rings is 2. The van der Waals surface area contributed by atoms with Crippen molar-refractivity contribution in [2.24, 2.45) is 0 Å². The topological polar surface area (TPSA) is 56.8 Å². The highest BCUT2D eigenvalue weighted by Gasteiger charge is 2.21. The van der Waals surface area contributed by atoms with Gasteiger partial charge in [0.25, 0.3) is 5.91 Å². The molecule has 0 bridgehead atoms. The Morgan fingerprint density at radius 3 is 2.60 bits per heavy atom. The van der Waals surface area contributed by atoms with Gasteiger partial charge in [0.15, 0.2) is 18.1 Å². The van der Waals surface area contributed by atoms with Crippen LogP contribution in [0.15, 0.2) is 48.5 Å². The zero-order valence-corrected chi connectivity index (χ0v) is 14.5. The van der Waals surface area contributed by atoms with Crippen LogP contribution in [0.3, 0.4) is 0 Å². The van der Waals surface area contributed by atoms with E-state index in [1.54, 1.807) is 0 Å². The van der Waals surface area contributed by atoms with E-state index >= 15 is 0 Å². The van der Waals surface area contributed by atoms with Crippen LogP contribution in [-0.2, 0) is 4.79 Å². The van der Waals surface area contributed by atoms with Crippen LogP contribution in [0.5, 0.6) is 17.2 Å². The summed E-state index contributed by atoms with van der Waals surface area (Å²) in [6.45, 7) is 5.04. The molecule has 5 heteroatoms. The standard InChI is InChI=1S/C20H23NO4/c1-14(2)15-7-9-16(10-8-15)23-13-20(22)21-11-17-12-24-18-5-3-4-6-19(18)25-17/h3-10,14,17H,11-13H2,1-2H3,(H,21,22). The predicted octanol–water partition coefficient (Wildman–Crippen LogP) is 3.15. The fourth-order valence-electron chi connectivity index (χ4n) is 2.54. The lowest BCUT2D eigenvalue weighted by atomic mass is 10.0. The van der Waals surface area contributed by atoms with Crippen molar-refractivity contribution in [3.05, 3.63) is 54.1 Å². The van der Waals surface area contributed by atoms with Crippen LogP contribution in [0.4, 0.5) is 0 Å². The largest absolute Gasteiger partial charge is 0.486 e. The summed E-state index contributed by atoms with van der Waals surface area (Å²) in [6, 6.07) is 15.3. The van der Waals surface area contributed by atoms with Gasteiger partial charge in [-0.2, -0.15) is 0 Å². The first-order chi connectivity index (χ1) is 12.1. The van der Waals surface area contributed by atoms with Crippen molar-refractivity contribution in [3.63, 3.8) is 0 Å². The highest BCUT2D eigenvalue weighted by molar-refractivity contribution is 5.77. The van der Waals surface area contributed by atoms with Crippen molar-refractivity contribution in [1.29, 1.82) is 0 Å². The Kier molecular flexibility index (Phi) is 5.43. The van der Waals surface area contributed by atoms with Crippen LogP contribution in [0.25, 0.3) is 0 Å². The van der Waals surface area contributed by atoms with Crippen LogP contribution in [0, 0.1) is 0 Å². The van der Waals surface area contributed by atoms with Gasteiger partial charge in [0.1, 0.15) is 18.5 Å². The number of carbonyl (C=O) groups excluding carboxylic acids is 1. The van der Waals surface area contributed by atoms with E-state index in [4.69, 9.17) is 14.2 Å². The van der Waals surface area contributed by atoms with Gasteiger partial charge in [-0.15, -0.1) is 0 Å². The van der Waals surface area contributed by atoms with Crippen LogP contribution in [-0.4, -0.2) is 31.8 Å². The first kappa shape index (κ1) is 17.1. The molecule has 2 aromatic carbocycles. The second-order valence-corrected chi connectivity index (χ2v) is 6.31. The molecule has 0 spiro atoms. The third-order valence-corrected chi connectivity index (χ3v) is 4.01. The quantitative estimate of drug-likeness (QED) is 0.877. The number of hydrogen-bond acceptors (Lipinski definition) is 4. The second kappa shape index (κ2) is 7.92. The third kappa shape index (κ3) is 4.66. The number of rotatable bonds is 6. The summed E-state index contributed by atoms with van der Waals surface area (Å²) in [5, 5.41) is 2.81. The summed E-state index contributed by atoms with van der Waals surface area (Å²) in [5.41, 5.74) is 1.24. The molecule has 1 aliphatic rings. The van der Waals surface area contributed by atoms with Gasteiger partial charge >= 0.3 is 0 Å². The van der Waals surface area contributed by atoms with Crippen LogP contribution in [0.2, 0.25) is 0 Å². The van der Waals surface area contributed by atoms with Gasteiger partial charge in [-0.1, -0.05) is 38.1 Å². The Balaban J connectivity index is 1.41. The normalized spacial score (nSPS) is 15.7. The Bertz CT molecular complexity index is 712. The number of para-hydroxylation sites is 2. The molecule has 1 unspecified atom stereocenters. The van der Waals surface area contributed by atoms with Gasteiger partial charge in [0.2, 0.25) is 0 Å². The second-order valence-electron chi connectivity index (χ2n) is 6.31. The summed E-state index contributed by atoms with van der Waals surface area (Å²) in [7, 11) is 0. The molecule has 0 aliphatic carbocycles. The maximum atomic E-state index is 11.9. The molecule has 1 N–H and O–H groups in total. The number of carbonyl (C=O) groups is 1. The summed E-state index contributed by atoms with van der Waals surface area (Å²) in [6.07, 6.45) is -0.204. The smallest absolute Gasteiger partial charge is 0.258 e. The molecule has 132 valence electrons. The molecule has 2 aromatic rings. The first-order valence-electron chi connectivity index (χ1n) is 8.50. The van der Waals surface area contributed by atoms with Crippen molar-refractivity contribution >= 4 is 5.91 Å². The molecule has 0 radical (unpaired) electrons. The van der Waals surface area contributed by atoms with E-state index in [1.165, 1.54) is 5.56 Å². The van der Waals surface area contributed by atoms with E-state index < -0.39 is 0 Å². The summed E-state index contributed by atoms with van der Waals surface area (Å²) < 4.78 is 16.9. The third-order valence-electron chi connectivity index (χ3n) is 4.01. The molecule has 0 saturated heterocycles. The molecule has 1 atom stereocenters.